The summed E-state index contributed by atoms with van der Waals surface area (Å²) >= 11 is 0. The van der Waals surface area contributed by atoms with E-state index < -0.39 is 5.41 Å². The molecule has 5 heteroatoms. The van der Waals surface area contributed by atoms with Crippen LogP contribution in [0.25, 0.3) is 0 Å². The molecule has 0 saturated heterocycles. The van der Waals surface area contributed by atoms with Gasteiger partial charge in [-0.05, 0) is 37.0 Å². The predicted molar refractivity (Wildman–Crippen MR) is 88.6 cm³/mol. The molecule has 0 fully saturated rings. The zero-order chi connectivity index (χ0) is 16.6. The lowest BCUT2D eigenvalue weighted by molar-refractivity contribution is -0.131. The first-order valence-corrected chi connectivity index (χ1v) is 7.82. The van der Waals surface area contributed by atoms with Gasteiger partial charge in [-0.25, -0.2) is 0 Å². The highest BCUT2D eigenvalue weighted by atomic mass is 16.2. The van der Waals surface area contributed by atoms with Crippen LogP contribution in [0.3, 0.4) is 0 Å². The minimum absolute atomic E-state index is 0.0162. The monoisotopic (exact) mass is 305 g/mol. The fourth-order valence-corrected chi connectivity index (χ4v) is 2.47. The predicted octanol–water partition coefficient (Wildman–Crippen LogP) is 1.47. The van der Waals surface area contributed by atoms with Gasteiger partial charge in [0.25, 0.3) is 5.91 Å². The highest BCUT2D eigenvalue weighted by Gasteiger charge is 2.32. The molecule has 1 aromatic rings. The van der Waals surface area contributed by atoms with Crippen LogP contribution in [0.1, 0.15) is 42.6 Å². The smallest absolute Gasteiger partial charge is 0.251 e. The van der Waals surface area contributed by atoms with Crippen LogP contribution in [0.2, 0.25) is 0 Å². The molecule has 0 aromatic heterocycles. The van der Waals surface area contributed by atoms with Crippen molar-refractivity contribution in [2.45, 2.75) is 33.1 Å². The molecular weight excluding hydrogens is 278 g/mol. The van der Waals surface area contributed by atoms with Crippen LogP contribution < -0.4 is 16.4 Å². The third kappa shape index (κ3) is 4.31. The molecule has 122 valence electrons. The molecule has 0 atom stereocenters. The van der Waals surface area contributed by atoms with Crippen molar-refractivity contribution < 1.29 is 9.59 Å². The summed E-state index contributed by atoms with van der Waals surface area (Å²) in [4.78, 5) is 23.9. The zero-order valence-electron chi connectivity index (χ0n) is 13.7. The molecule has 0 aliphatic rings. The van der Waals surface area contributed by atoms with Crippen molar-refractivity contribution in [2.24, 2.45) is 11.1 Å². The van der Waals surface area contributed by atoms with Crippen LogP contribution in [0.5, 0.6) is 0 Å². The Morgan fingerprint density at radius 3 is 2.45 bits per heavy atom. The number of hydrogen-bond donors (Lipinski definition) is 3. The van der Waals surface area contributed by atoms with Crippen LogP contribution in [0.4, 0.5) is 0 Å². The second kappa shape index (κ2) is 8.54. The number of nitrogens with one attached hydrogen (secondary N) is 2. The number of carbonyl (C=O) groups excluding carboxylic acids is 2. The van der Waals surface area contributed by atoms with E-state index in [-0.39, 0.29) is 11.8 Å². The number of amides is 2. The zero-order valence-corrected chi connectivity index (χ0v) is 13.7. The van der Waals surface area contributed by atoms with Gasteiger partial charge in [0.05, 0.1) is 5.41 Å². The molecule has 0 aliphatic carbocycles. The Morgan fingerprint density at radius 2 is 1.91 bits per heavy atom. The highest BCUT2D eigenvalue weighted by molar-refractivity contribution is 5.94. The van der Waals surface area contributed by atoms with Gasteiger partial charge in [-0.3, -0.25) is 9.59 Å². The lowest BCUT2D eigenvalue weighted by Crippen LogP contribution is -2.45. The van der Waals surface area contributed by atoms with Crippen LogP contribution in [-0.4, -0.2) is 32.0 Å². The van der Waals surface area contributed by atoms with Crippen molar-refractivity contribution in [1.29, 1.82) is 0 Å². The maximum absolute atomic E-state index is 12.3. The van der Waals surface area contributed by atoms with Gasteiger partial charge in [-0.1, -0.05) is 26.0 Å². The molecule has 0 spiro atoms. The molecule has 22 heavy (non-hydrogen) atoms. The van der Waals surface area contributed by atoms with Gasteiger partial charge in [-0.15, -0.1) is 0 Å². The van der Waals surface area contributed by atoms with E-state index in [0.717, 1.165) is 18.4 Å². The minimum atomic E-state index is -0.468. The van der Waals surface area contributed by atoms with Gasteiger partial charge in [-0.2, -0.15) is 0 Å². The molecule has 4 N–H and O–H groups in total. The van der Waals surface area contributed by atoms with Gasteiger partial charge in [0.2, 0.25) is 5.91 Å². The van der Waals surface area contributed by atoms with E-state index in [1.807, 2.05) is 32.0 Å². The summed E-state index contributed by atoms with van der Waals surface area (Å²) in [5.41, 5.74) is 6.96. The Morgan fingerprint density at radius 1 is 1.23 bits per heavy atom. The van der Waals surface area contributed by atoms with Gasteiger partial charge in [0.15, 0.2) is 0 Å². The Bertz CT molecular complexity index is 502. The molecule has 0 radical (unpaired) electrons. The summed E-state index contributed by atoms with van der Waals surface area (Å²) in [6.45, 7) is 4.88. The van der Waals surface area contributed by atoms with Crippen molar-refractivity contribution in [1.82, 2.24) is 10.6 Å². The molecule has 1 aromatic carbocycles. The van der Waals surface area contributed by atoms with E-state index in [1.54, 1.807) is 13.1 Å². The van der Waals surface area contributed by atoms with E-state index in [4.69, 9.17) is 5.73 Å². The van der Waals surface area contributed by atoms with Crippen molar-refractivity contribution >= 4 is 11.8 Å². The summed E-state index contributed by atoms with van der Waals surface area (Å²) < 4.78 is 0. The quantitative estimate of drug-likeness (QED) is 0.680. The van der Waals surface area contributed by atoms with Gasteiger partial charge >= 0.3 is 0 Å². The Hall–Kier alpha value is -1.88. The van der Waals surface area contributed by atoms with Crippen molar-refractivity contribution in [3.05, 3.63) is 35.4 Å². The Labute approximate surface area is 132 Å². The molecule has 0 bridgehead atoms. The molecule has 0 unspecified atom stereocenters. The average molecular weight is 305 g/mol. The number of hydrogen-bond acceptors (Lipinski definition) is 3. The largest absolute Gasteiger partial charge is 0.355 e. The fraction of sp³-hybridized carbons (Fsp3) is 0.529. The fourth-order valence-electron chi connectivity index (χ4n) is 2.47. The second-order valence-electron chi connectivity index (χ2n) is 5.48. The molecule has 1 rings (SSSR count). The Kier molecular flexibility index (Phi) is 7.05. The van der Waals surface area contributed by atoms with Crippen LogP contribution in [0, 0.1) is 5.41 Å². The van der Waals surface area contributed by atoms with Gasteiger partial charge < -0.3 is 16.4 Å². The van der Waals surface area contributed by atoms with E-state index in [2.05, 4.69) is 10.6 Å². The van der Waals surface area contributed by atoms with E-state index >= 15 is 0 Å². The van der Waals surface area contributed by atoms with Crippen LogP contribution >= 0.6 is 0 Å². The van der Waals surface area contributed by atoms with Crippen LogP contribution in [-0.2, 0) is 11.2 Å². The third-order valence-corrected chi connectivity index (χ3v) is 4.34. The first kappa shape index (κ1) is 18.2. The van der Waals surface area contributed by atoms with Crippen LogP contribution in [0.15, 0.2) is 24.3 Å². The number of benzene rings is 1. The topological polar surface area (TPSA) is 84.2 Å². The molecule has 2 amide bonds. The maximum Gasteiger partial charge on any atom is 0.251 e. The highest BCUT2D eigenvalue weighted by Crippen LogP contribution is 2.24. The summed E-state index contributed by atoms with van der Waals surface area (Å²) in [6.07, 6.45) is 2.15. The SMILES string of the molecule is CCC(CC)(CN)C(=O)NCCc1cccc(C(=O)NC)c1. The summed E-state index contributed by atoms with van der Waals surface area (Å²) in [5.74, 6) is -0.0903. The third-order valence-electron chi connectivity index (χ3n) is 4.34. The molecule has 0 aliphatic heterocycles. The first-order chi connectivity index (χ1) is 10.5. The number of nitrogens with two attached hydrogens (primary N) is 1. The maximum atomic E-state index is 12.3. The lowest BCUT2D eigenvalue weighted by Gasteiger charge is -2.28. The standard InChI is InChI=1S/C17H27N3O2/c1-4-17(5-2,12-18)16(22)20-10-9-13-7-6-8-14(11-13)15(21)19-3/h6-8,11H,4-5,9-10,12,18H2,1-3H3,(H,19,21)(H,20,22). The number of rotatable bonds is 8. The van der Waals surface area contributed by atoms with Gasteiger partial charge in [0, 0.05) is 25.7 Å². The summed E-state index contributed by atoms with van der Waals surface area (Å²) in [7, 11) is 1.61. The minimum Gasteiger partial charge on any atom is -0.355 e. The van der Waals surface area contributed by atoms with Crippen molar-refractivity contribution in [3.8, 4) is 0 Å². The molecule has 5 nitrogen and oxygen atoms in total. The molecular formula is C17H27N3O2. The second-order valence-corrected chi connectivity index (χ2v) is 5.48. The summed E-state index contributed by atoms with van der Waals surface area (Å²) in [6, 6.07) is 7.42. The van der Waals surface area contributed by atoms with Gasteiger partial charge in [0.1, 0.15) is 0 Å². The lowest BCUT2D eigenvalue weighted by atomic mass is 9.81. The van der Waals surface area contributed by atoms with Crippen molar-refractivity contribution in [3.63, 3.8) is 0 Å². The first-order valence-electron chi connectivity index (χ1n) is 7.82. The Balaban J connectivity index is 2.61. The van der Waals surface area contributed by atoms with E-state index in [9.17, 15) is 9.59 Å². The summed E-state index contributed by atoms with van der Waals surface area (Å²) in [5, 5.41) is 5.57. The molecule has 0 heterocycles. The number of carbonyl (C=O) groups is 2. The molecule has 0 saturated carbocycles. The van der Waals surface area contributed by atoms with E-state index in [1.165, 1.54) is 0 Å². The van der Waals surface area contributed by atoms with E-state index in [0.29, 0.717) is 25.1 Å². The normalized spacial score (nSPS) is 11.1. The van der Waals surface area contributed by atoms with Crippen molar-refractivity contribution in [2.75, 3.05) is 20.1 Å². The average Bonchev–Trinajstić information content (AvgIpc) is 2.56.